The van der Waals surface area contributed by atoms with E-state index in [9.17, 15) is 20.4 Å². The van der Waals surface area contributed by atoms with Gasteiger partial charge in [0.25, 0.3) is 0 Å². The van der Waals surface area contributed by atoms with Gasteiger partial charge < -0.3 is 35.0 Å². The van der Waals surface area contributed by atoms with Crippen LogP contribution in [-0.2, 0) is 11.3 Å². The molecule has 1 saturated heterocycles. The number of aliphatic hydroxyl groups is 5. The molecule has 1 aromatic rings. The van der Waals surface area contributed by atoms with Crippen LogP contribution in [0.4, 0.5) is 0 Å². The number of rotatable bonds is 4. The smallest absolute Gasteiger partial charge is 0.229 e. The first-order chi connectivity index (χ1) is 9.58. The van der Waals surface area contributed by atoms with Crippen molar-refractivity contribution in [1.82, 2.24) is 0 Å². The maximum absolute atomic E-state index is 9.84. The Morgan fingerprint density at radius 1 is 1.00 bits per heavy atom. The summed E-state index contributed by atoms with van der Waals surface area (Å²) in [6.07, 6.45) is -6.67. The van der Waals surface area contributed by atoms with Crippen molar-refractivity contribution < 1.29 is 35.0 Å². The van der Waals surface area contributed by atoms with Gasteiger partial charge in [-0.05, 0) is 6.07 Å². The van der Waals surface area contributed by atoms with E-state index in [1.165, 1.54) is 0 Å². The lowest BCUT2D eigenvalue weighted by atomic mass is 9.99. The molecule has 2 rings (SSSR count). The standard InChI is InChI=1S/C13H18O7/c14-5-7-3-1-2-4-8(7)19-13-12(18)11(17)10(16)9(6-15)20-13/h1-4,9-18H,5-6H2/t9-,10+,11-,12-,13-/m0/s1. The minimum absolute atomic E-state index is 0.256. The molecule has 0 radical (unpaired) electrons. The molecule has 1 heterocycles. The van der Waals surface area contributed by atoms with Crippen molar-refractivity contribution in [2.45, 2.75) is 37.3 Å². The molecule has 1 aliphatic rings. The molecule has 5 atom stereocenters. The molecular weight excluding hydrogens is 268 g/mol. The highest BCUT2D eigenvalue weighted by Crippen LogP contribution is 2.26. The molecule has 7 heteroatoms. The second-order valence-electron chi connectivity index (χ2n) is 4.58. The minimum atomic E-state index is -1.49. The molecule has 0 bridgehead atoms. The van der Waals surface area contributed by atoms with Gasteiger partial charge in [0.2, 0.25) is 6.29 Å². The second kappa shape index (κ2) is 6.49. The Hall–Kier alpha value is -1.22. The topological polar surface area (TPSA) is 120 Å². The van der Waals surface area contributed by atoms with E-state index in [4.69, 9.17) is 14.6 Å². The fourth-order valence-electron chi connectivity index (χ4n) is 2.04. The van der Waals surface area contributed by atoms with Crippen LogP contribution >= 0.6 is 0 Å². The zero-order chi connectivity index (χ0) is 14.7. The fraction of sp³-hybridized carbons (Fsp3) is 0.538. The van der Waals surface area contributed by atoms with Gasteiger partial charge in [-0.3, -0.25) is 0 Å². The third kappa shape index (κ3) is 2.93. The Balaban J connectivity index is 2.15. The maximum Gasteiger partial charge on any atom is 0.229 e. The van der Waals surface area contributed by atoms with E-state index in [-0.39, 0.29) is 6.61 Å². The predicted molar refractivity (Wildman–Crippen MR) is 66.8 cm³/mol. The monoisotopic (exact) mass is 286 g/mol. The second-order valence-corrected chi connectivity index (χ2v) is 4.58. The number of hydrogen-bond donors (Lipinski definition) is 5. The Morgan fingerprint density at radius 3 is 2.35 bits per heavy atom. The van der Waals surface area contributed by atoms with E-state index in [0.29, 0.717) is 11.3 Å². The van der Waals surface area contributed by atoms with Crippen LogP contribution < -0.4 is 4.74 Å². The highest BCUT2D eigenvalue weighted by molar-refractivity contribution is 5.32. The summed E-state index contributed by atoms with van der Waals surface area (Å²) < 4.78 is 10.6. The fourth-order valence-corrected chi connectivity index (χ4v) is 2.04. The lowest BCUT2D eigenvalue weighted by Gasteiger charge is -2.39. The Labute approximate surface area is 115 Å². The third-order valence-electron chi connectivity index (χ3n) is 3.23. The summed E-state index contributed by atoms with van der Waals surface area (Å²) in [6, 6.07) is 6.61. The van der Waals surface area contributed by atoms with Crippen LogP contribution in [0.1, 0.15) is 5.56 Å². The first-order valence-electron chi connectivity index (χ1n) is 6.24. The van der Waals surface area contributed by atoms with Crippen LogP contribution in [0.3, 0.4) is 0 Å². The van der Waals surface area contributed by atoms with Gasteiger partial charge in [0.1, 0.15) is 30.2 Å². The lowest BCUT2D eigenvalue weighted by molar-refractivity contribution is -0.277. The number of benzene rings is 1. The first-order valence-corrected chi connectivity index (χ1v) is 6.24. The van der Waals surface area contributed by atoms with Gasteiger partial charge in [0, 0.05) is 5.56 Å². The van der Waals surface area contributed by atoms with Gasteiger partial charge in [-0.1, -0.05) is 18.2 Å². The maximum atomic E-state index is 9.84. The van der Waals surface area contributed by atoms with Crippen molar-refractivity contribution in [1.29, 1.82) is 0 Å². The SMILES string of the molecule is OCc1ccccc1O[C@H]1O[C@@H](CO)[C@@H](O)[C@H](O)[C@@H]1O. The average molecular weight is 286 g/mol. The van der Waals surface area contributed by atoms with Gasteiger partial charge in [-0.25, -0.2) is 0 Å². The van der Waals surface area contributed by atoms with E-state index >= 15 is 0 Å². The quantitative estimate of drug-likeness (QED) is 0.450. The predicted octanol–water partition coefficient (Wildman–Crippen LogP) is -1.64. The Morgan fingerprint density at radius 2 is 1.70 bits per heavy atom. The molecule has 112 valence electrons. The van der Waals surface area contributed by atoms with Crippen molar-refractivity contribution in [2.75, 3.05) is 6.61 Å². The van der Waals surface area contributed by atoms with Gasteiger partial charge in [-0.15, -0.1) is 0 Å². The third-order valence-corrected chi connectivity index (χ3v) is 3.23. The van der Waals surface area contributed by atoms with Crippen LogP contribution in [-0.4, -0.2) is 62.8 Å². The molecule has 1 fully saturated rings. The summed E-state index contributed by atoms with van der Waals surface area (Å²) in [5.74, 6) is 0.291. The highest BCUT2D eigenvalue weighted by Gasteiger charge is 2.44. The lowest BCUT2D eigenvalue weighted by Crippen LogP contribution is -2.60. The average Bonchev–Trinajstić information content (AvgIpc) is 2.48. The normalized spacial score (nSPS) is 34.0. The number of hydrogen-bond acceptors (Lipinski definition) is 7. The van der Waals surface area contributed by atoms with Gasteiger partial charge >= 0.3 is 0 Å². The number of para-hydroxylation sites is 1. The van der Waals surface area contributed by atoms with E-state index in [0.717, 1.165) is 0 Å². The molecule has 1 aliphatic heterocycles. The summed E-state index contributed by atoms with van der Waals surface area (Å²) in [7, 11) is 0. The van der Waals surface area contributed by atoms with Crippen LogP contribution in [0.25, 0.3) is 0 Å². The summed E-state index contributed by atoms with van der Waals surface area (Å²) in [6.45, 7) is -0.778. The molecule has 1 aromatic carbocycles. The Kier molecular flexibility index (Phi) is 4.92. The largest absolute Gasteiger partial charge is 0.462 e. The zero-order valence-corrected chi connectivity index (χ0v) is 10.7. The van der Waals surface area contributed by atoms with Gasteiger partial charge in [-0.2, -0.15) is 0 Å². The first kappa shape index (κ1) is 15.2. The highest BCUT2D eigenvalue weighted by atomic mass is 16.7. The summed E-state index contributed by atoms with van der Waals surface area (Å²) in [5, 5.41) is 47.4. The van der Waals surface area contributed by atoms with Crippen LogP contribution in [0, 0.1) is 0 Å². The van der Waals surface area contributed by atoms with Gasteiger partial charge in [0.05, 0.1) is 13.2 Å². The molecule has 20 heavy (non-hydrogen) atoms. The molecule has 0 aromatic heterocycles. The van der Waals surface area contributed by atoms with E-state index < -0.39 is 37.3 Å². The summed E-state index contributed by atoms with van der Waals surface area (Å²) in [4.78, 5) is 0. The molecule has 7 nitrogen and oxygen atoms in total. The van der Waals surface area contributed by atoms with Gasteiger partial charge in [0.15, 0.2) is 0 Å². The molecule has 0 amide bonds. The molecule has 0 aliphatic carbocycles. The van der Waals surface area contributed by atoms with Crippen molar-refractivity contribution >= 4 is 0 Å². The van der Waals surface area contributed by atoms with Crippen molar-refractivity contribution in [2.24, 2.45) is 0 Å². The number of aliphatic hydroxyl groups excluding tert-OH is 5. The van der Waals surface area contributed by atoms with Crippen LogP contribution in [0.15, 0.2) is 24.3 Å². The van der Waals surface area contributed by atoms with Crippen molar-refractivity contribution in [3.05, 3.63) is 29.8 Å². The van der Waals surface area contributed by atoms with Crippen molar-refractivity contribution in [3.63, 3.8) is 0 Å². The van der Waals surface area contributed by atoms with E-state index in [2.05, 4.69) is 0 Å². The molecule has 5 N–H and O–H groups in total. The molecule has 0 spiro atoms. The summed E-state index contributed by atoms with van der Waals surface area (Å²) >= 11 is 0. The molecular formula is C13H18O7. The van der Waals surface area contributed by atoms with Crippen LogP contribution in [0.2, 0.25) is 0 Å². The summed E-state index contributed by atoms with van der Waals surface area (Å²) in [5.41, 5.74) is 0.490. The van der Waals surface area contributed by atoms with Crippen LogP contribution in [0.5, 0.6) is 5.75 Å². The molecule has 0 saturated carbocycles. The van der Waals surface area contributed by atoms with Crippen molar-refractivity contribution in [3.8, 4) is 5.75 Å². The minimum Gasteiger partial charge on any atom is -0.462 e. The molecule has 0 unspecified atom stereocenters. The zero-order valence-electron chi connectivity index (χ0n) is 10.7. The van der Waals surface area contributed by atoms with E-state index in [1.54, 1.807) is 24.3 Å². The van der Waals surface area contributed by atoms with E-state index in [1.807, 2.05) is 0 Å². The number of ether oxygens (including phenoxy) is 2. The Bertz CT molecular complexity index is 436.